The van der Waals surface area contributed by atoms with Crippen LogP contribution in [0.2, 0.25) is 0 Å². The van der Waals surface area contributed by atoms with Gasteiger partial charge >= 0.3 is 0 Å². The van der Waals surface area contributed by atoms with Crippen molar-refractivity contribution in [1.82, 2.24) is 9.88 Å². The molecule has 6 rings (SSSR count). The summed E-state index contributed by atoms with van der Waals surface area (Å²) in [6.45, 7) is 0.0318. The molecule has 0 unspecified atom stereocenters. The summed E-state index contributed by atoms with van der Waals surface area (Å²) in [6.07, 6.45) is -0.169. The van der Waals surface area contributed by atoms with Crippen molar-refractivity contribution in [2.75, 3.05) is 31.1 Å². The van der Waals surface area contributed by atoms with Gasteiger partial charge in [-0.15, -0.1) is 0 Å². The van der Waals surface area contributed by atoms with Gasteiger partial charge in [0.15, 0.2) is 0 Å². The highest BCUT2D eigenvalue weighted by molar-refractivity contribution is 5.85. The zero-order chi connectivity index (χ0) is 29.1. The van der Waals surface area contributed by atoms with Gasteiger partial charge in [0.05, 0.1) is 25.7 Å². The van der Waals surface area contributed by atoms with Gasteiger partial charge in [0.1, 0.15) is 41.7 Å². The van der Waals surface area contributed by atoms with E-state index in [1.54, 1.807) is 19.1 Å². The van der Waals surface area contributed by atoms with Crippen molar-refractivity contribution in [3.05, 3.63) is 94.7 Å². The number of H-pyrrole nitrogens is 1. The maximum Gasteiger partial charge on any atom is 0.283 e. The first-order chi connectivity index (χ1) is 19.5. The molecule has 41 heavy (non-hydrogen) atoms. The molecule has 5 nitrogen and oxygen atoms in total. The lowest BCUT2D eigenvalue weighted by Crippen LogP contribution is -2.54. The number of aromatic nitrogens is 1. The van der Waals surface area contributed by atoms with Gasteiger partial charge in [0.2, 0.25) is 0 Å². The van der Waals surface area contributed by atoms with Crippen LogP contribution in [0.4, 0.5) is 32.0 Å². The van der Waals surface area contributed by atoms with Crippen LogP contribution in [0.1, 0.15) is 29.8 Å². The maximum absolute atomic E-state index is 15.8. The normalized spacial score (nSPS) is 19.9. The number of hydrogen-bond donors (Lipinski definition) is 2. The van der Waals surface area contributed by atoms with E-state index in [0.717, 1.165) is 12.1 Å². The molecule has 1 saturated heterocycles. The minimum absolute atomic E-state index is 0.0670. The summed E-state index contributed by atoms with van der Waals surface area (Å²) in [6, 6.07) is 10.2. The third-order valence-electron chi connectivity index (χ3n) is 7.87. The predicted octanol–water partition coefficient (Wildman–Crippen LogP) is 5.96. The second kappa shape index (κ2) is 10.3. The van der Waals surface area contributed by atoms with Crippen LogP contribution >= 0.6 is 0 Å². The van der Waals surface area contributed by atoms with E-state index in [0.29, 0.717) is 35.2 Å². The molecule has 0 amide bonds. The molecule has 0 saturated carbocycles. The fourth-order valence-electron chi connectivity index (χ4n) is 5.88. The Bertz CT molecular complexity index is 1580. The number of aliphatic hydroxyl groups excluding tert-OH is 1. The minimum Gasteiger partial charge on any atom is -0.487 e. The van der Waals surface area contributed by atoms with E-state index in [1.807, 2.05) is 4.90 Å². The Balaban J connectivity index is 1.33. The molecule has 0 radical (unpaired) electrons. The number of aromatic amines is 1. The molecule has 3 aromatic carbocycles. The molecule has 11 heteroatoms. The monoisotopic (exact) mass is 575 g/mol. The second-order valence-electron chi connectivity index (χ2n) is 10.8. The van der Waals surface area contributed by atoms with E-state index < -0.39 is 60.3 Å². The Kier molecular flexibility index (Phi) is 6.89. The molecule has 2 atom stereocenters. The number of fused-ring (bicyclic) bond motifs is 3. The molecule has 3 heterocycles. The predicted molar refractivity (Wildman–Crippen MR) is 141 cm³/mol. The Morgan fingerprint density at radius 2 is 1.68 bits per heavy atom. The lowest BCUT2D eigenvalue weighted by atomic mass is 9.87. The number of benzene rings is 3. The van der Waals surface area contributed by atoms with E-state index in [9.17, 15) is 22.7 Å². The van der Waals surface area contributed by atoms with Gasteiger partial charge in [-0.1, -0.05) is 6.07 Å². The van der Waals surface area contributed by atoms with Crippen molar-refractivity contribution in [2.24, 2.45) is 0 Å². The molecule has 1 fully saturated rings. The zero-order valence-electron chi connectivity index (χ0n) is 22.0. The Morgan fingerprint density at radius 1 is 0.976 bits per heavy atom. The first-order valence-corrected chi connectivity index (χ1v) is 13.2. The highest BCUT2D eigenvalue weighted by Crippen LogP contribution is 2.44. The number of anilines is 1. The highest BCUT2D eigenvalue weighted by Gasteiger charge is 2.43. The van der Waals surface area contributed by atoms with Gasteiger partial charge in [-0.25, -0.2) is 26.3 Å². The Labute approximate surface area is 231 Å². The summed E-state index contributed by atoms with van der Waals surface area (Å²) in [5.41, 5.74) is 1.59. The minimum atomic E-state index is -3.53. The van der Waals surface area contributed by atoms with Gasteiger partial charge in [0, 0.05) is 46.0 Å². The molecule has 4 aromatic rings. The summed E-state index contributed by atoms with van der Waals surface area (Å²) in [4.78, 5) is 6.20. The molecule has 2 N–H and O–H groups in total. The first kappa shape index (κ1) is 27.5. The van der Waals surface area contributed by atoms with E-state index >= 15 is 8.78 Å². The molecule has 2 aliphatic heterocycles. The lowest BCUT2D eigenvalue weighted by molar-refractivity contribution is -0.0869. The summed E-state index contributed by atoms with van der Waals surface area (Å²) in [7, 11) is 0. The SMILES string of the molecule is C[C@H]1Cc2c([nH]c3ccc(F)cc23)[C@H](c2c(F)cc(OC3CN(c4cccc(F)c4)C3)cc2F)N1CC(F)(F)CO. The smallest absolute Gasteiger partial charge is 0.283 e. The van der Waals surface area contributed by atoms with Crippen LogP contribution in [0, 0.1) is 23.3 Å². The number of halogens is 6. The van der Waals surface area contributed by atoms with Gasteiger partial charge in [0.25, 0.3) is 5.92 Å². The summed E-state index contributed by atoms with van der Waals surface area (Å²) in [5, 5.41) is 9.77. The van der Waals surface area contributed by atoms with E-state index in [2.05, 4.69) is 4.98 Å². The van der Waals surface area contributed by atoms with Crippen molar-refractivity contribution in [3.63, 3.8) is 0 Å². The first-order valence-electron chi connectivity index (χ1n) is 13.2. The molecule has 216 valence electrons. The Morgan fingerprint density at radius 3 is 2.37 bits per heavy atom. The fourth-order valence-corrected chi connectivity index (χ4v) is 5.88. The fraction of sp³-hybridized carbons (Fsp3) is 0.333. The highest BCUT2D eigenvalue weighted by atomic mass is 19.3. The lowest BCUT2D eigenvalue weighted by Gasteiger charge is -2.42. The van der Waals surface area contributed by atoms with E-state index in [4.69, 9.17) is 4.74 Å². The van der Waals surface area contributed by atoms with Crippen LogP contribution in [0.15, 0.2) is 54.6 Å². The molecule has 1 aromatic heterocycles. The van der Waals surface area contributed by atoms with Crippen molar-refractivity contribution in [2.45, 2.75) is 37.5 Å². The largest absolute Gasteiger partial charge is 0.487 e. The van der Waals surface area contributed by atoms with Crippen molar-refractivity contribution in [1.29, 1.82) is 0 Å². The zero-order valence-corrected chi connectivity index (χ0v) is 22.0. The van der Waals surface area contributed by atoms with Crippen LogP contribution in [-0.2, 0) is 6.42 Å². The third-order valence-corrected chi connectivity index (χ3v) is 7.87. The quantitative estimate of drug-likeness (QED) is 0.267. The number of hydrogen-bond acceptors (Lipinski definition) is 4. The average molecular weight is 576 g/mol. The number of aliphatic hydroxyl groups is 1. The van der Waals surface area contributed by atoms with Crippen LogP contribution in [0.25, 0.3) is 10.9 Å². The number of ether oxygens (including phenoxy) is 1. The van der Waals surface area contributed by atoms with Crippen LogP contribution in [-0.4, -0.2) is 59.3 Å². The number of rotatable bonds is 7. The van der Waals surface area contributed by atoms with Gasteiger partial charge < -0.3 is 19.7 Å². The molecular formula is C30H27F6N3O2. The topological polar surface area (TPSA) is 51.7 Å². The second-order valence-corrected chi connectivity index (χ2v) is 10.8. The van der Waals surface area contributed by atoms with Crippen LogP contribution in [0.5, 0.6) is 5.75 Å². The molecule has 0 bridgehead atoms. The van der Waals surface area contributed by atoms with Gasteiger partial charge in [-0.05, 0) is 55.3 Å². The molecule has 2 aliphatic rings. The number of alkyl halides is 2. The molecule has 0 spiro atoms. The summed E-state index contributed by atoms with van der Waals surface area (Å²) in [5.74, 6) is -6.46. The summed E-state index contributed by atoms with van der Waals surface area (Å²) >= 11 is 0. The molecule has 0 aliphatic carbocycles. The number of nitrogens with zero attached hydrogens (tertiary/aromatic N) is 2. The van der Waals surface area contributed by atoms with E-state index in [1.165, 1.54) is 35.2 Å². The summed E-state index contributed by atoms with van der Waals surface area (Å²) < 4.78 is 93.9. The standard InChI is InChI=1S/C30H27F6N3O2/c1-16-7-23-22-9-18(32)5-6-26(22)37-28(23)29(39(16)14-30(35,36)15-40)27-24(33)10-20(11-25(27)34)41-21-12-38(13-21)19-4-2-3-17(31)8-19/h2-6,8-11,16,21,29,37,40H,7,12-15H2,1H3/t16-,29-/m0/s1. The maximum atomic E-state index is 15.8. The van der Waals surface area contributed by atoms with Crippen LogP contribution in [0.3, 0.4) is 0 Å². The van der Waals surface area contributed by atoms with Gasteiger partial charge in [-0.2, -0.15) is 0 Å². The number of nitrogens with one attached hydrogen (secondary N) is 1. The Hall–Kier alpha value is -3.70. The van der Waals surface area contributed by atoms with Crippen LogP contribution < -0.4 is 9.64 Å². The van der Waals surface area contributed by atoms with Crippen molar-refractivity contribution >= 4 is 16.6 Å². The molecular weight excluding hydrogens is 548 g/mol. The van der Waals surface area contributed by atoms with Crippen molar-refractivity contribution < 1.29 is 36.2 Å². The van der Waals surface area contributed by atoms with Gasteiger partial charge in [-0.3, -0.25) is 4.90 Å². The average Bonchev–Trinajstić information content (AvgIpc) is 3.24. The van der Waals surface area contributed by atoms with E-state index in [-0.39, 0.29) is 23.7 Å². The third kappa shape index (κ3) is 5.12. The van der Waals surface area contributed by atoms with Crippen molar-refractivity contribution in [3.8, 4) is 5.75 Å².